The van der Waals surface area contributed by atoms with E-state index in [0.29, 0.717) is 17.6 Å². The van der Waals surface area contributed by atoms with Crippen LogP contribution in [0.3, 0.4) is 0 Å². The van der Waals surface area contributed by atoms with Crippen LogP contribution in [0.2, 0.25) is 0 Å². The first-order valence-electron chi connectivity index (χ1n) is 10.4. The molecule has 0 amide bonds. The Balaban J connectivity index is 1.66. The standard InChI is InChI=1S/C22H32N4O2S/c1-5-12-25-13-14-26(16-18(25)4)22-11-8-20(15-23-22)24-29(27,28)21-9-6-19(7-10-21)17(2)3/h6-11,15,17-18,24H,5,12-14,16H2,1-4H3. The molecule has 1 aromatic carbocycles. The molecular formula is C22H32N4O2S. The quantitative estimate of drug-likeness (QED) is 0.741. The molecule has 0 bridgehead atoms. The van der Waals surface area contributed by atoms with E-state index < -0.39 is 10.0 Å². The Bertz CT molecular complexity index is 895. The predicted octanol–water partition coefficient (Wildman–Crippen LogP) is 3.93. The number of sulfonamides is 1. The lowest BCUT2D eigenvalue weighted by Crippen LogP contribution is -2.52. The van der Waals surface area contributed by atoms with Crippen molar-refractivity contribution in [3.63, 3.8) is 0 Å². The first-order chi connectivity index (χ1) is 13.8. The molecule has 6 nitrogen and oxygen atoms in total. The predicted molar refractivity (Wildman–Crippen MR) is 119 cm³/mol. The molecule has 1 saturated heterocycles. The maximum absolute atomic E-state index is 12.7. The van der Waals surface area contributed by atoms with Gasteiger partial charge >= 0.3 is 0 Å². The number of nitrogens with zero attached hydrogens (tertiary/aromatic N) is 3. The van der Waals surface area contributed by atoms with Crippen molar-refractivity contribution in [2.45, 2.75) is 51.0 Å². The highest BCUT2D eigenvalue weighted by Crippen LogP contribution is 2.22. The Labute approximate surface area is 175 Å². The van der Waals surface area contributed by atoms with Crippen LogP contribution in [-0.4, -0.2) is 50.5 Å². The second kappa shape index (κ2) is 9.13. The van der Waals surface area contributed by atoms with Gasteiger partial charge in [0.1, 0.15) is 5.82 Å². The molecule has 29 heavy (non-hydrogen) atoms. The molecule has 1 aliphatic heterocycles. The normalized spacial score (nSPS) is 18.2. The van der Waals surface area contributed by atoms with E-state index in [0.717, 1.165) is 44.0 Å². The number of pyridine rings is 1. The second-order valence-electron chi connectivity index (χ2n) is 8.07. The molecule has 2 heterocycles. The monoisotopic (exact) mass is 416 g/mol. The van der Waals surface area contributed by atoms with E-state index >= 15 is 0 Å². The number of hydrogen-bond acceptors (Lipinski definition) is 5. The summed E-state index contributed by atoms with van der Waals surface area (Å²) in [5.41, 5.74) is 1.59. The van der Waals surface area contributed by atoms with Crippen molar-refractivity contribution >= 4 is 21.5 Å². The molecule has 0 spiro atoms. The van der Waals surface area contributed by atoms with E-state index in [2.05, 4.69) is 47.2 Å². The zero-order valence-electron chi connectivity index (χ0n) is 17.8. The Morgan fingerprint density at radius 2 is 1.86 bits per heavy atom. The summed E-state index contributed by atoms with van der Waals surface area (Å²) in [5, 5.41) is 0. The van der Waals surface area contributed by atoms with Gasteiger partial charge in [0.05, 0.1) is 16.8 Å². The van der Waals surface area contributed by atoms with Crippen molar-refractivity contribution in [2.75, 3.05) is 35.8 Å². The van der Waals surface area contributed by atoms with Crippen molar-refractivity contribution in [2.24, 2.45) is 0 Å². The minimum Gasteiger partial charge on any atom is -0.354 e. The van der Waals surface area contributed by atoms with Crippen LogP contribution >= 0.6 is 0 Å². The highest BCUT2D eigenvalue weighted by molar-refractivity contribution is 7.92. The number of piperazine rings is 1. The number of anilines is 2. The van der Waals surface area contributed by atoms with Crippen molar-refractivity contribution in [3.8, 4) is 0 Å². The van der Waals surface area contributed by atoms with E-state index in [1.54, 1.807) is 24.4 Å². The zero-order valence-corrected chi connectivity index (χ0v) is 18.6. The van der Waals surface area contributed by atoms with Gasteiger partial charge < -0.3 is 4.90 Å². The van der Waals surface area contributed by atoms with Crippen molar-refractivity contribution in [1.29, 1.82) is 0 Å². The Morgan fingerprint density at radius 3 is 2.41 bits per heavy atom. The van der Waals surface area contributed by atoms with E-state index in [1.807, 2.05) is 18.2 Å². The third kappa shape index (κ3) is 5.28. The van der Waals surface area contributed by atoms with Gasteiger partial charge in [0, 0.05) is 25.7 Å². The molecule has 1 N–H and O–H groups in total. The summed E-state index contributed by atoms with van der Waals surface area (Å²) in [5.74, 6) is 1.25. The third-order valence-corrected chi connectivity index (χ3v) is 6.85. The maximum atomic E-state index is 12.7. The van der Waals surface area contributed by atoms with Gasteiger partial charge in [-0.15, -0.1) is 0 Å². The molecule has 1 aliphatic rings. The highest BCUT2D eigenvalue weighted by atomic mass is 32.2. The molecule has 0 radical (unpaired) electrons. The summed E-state index contributed by atoms with van der Waals surface area (Å²) in [7, 11) is -3.63. The van der Waals surface area contributed by atoms with Gasteiger partial charge in [-0.3, -0.25) is 9.62 Å². The third-order valence-electron chi connectivity index (χ3n) is 5.46. The molecule has 1 atom stereocenters. The highest BCUT2D eigenvalue weighted by Gasteiger charge is 2.23. The van der Waals surface area contributed by atoms with Crippen LogP contribution in [-0.2, 0) is 10.0 Å². The van der Waals surface area contributed by atoms with Gasteiger partial charge in [0.25, 0.3) is 10.0 Å². The van der Waals surface area contributed by atoms with Crippen LogP contribution in [0.25, 0.3) is 0 Å². The van der Waals surface area contributed by atoms with Crippen LogP contribution in [0.15, 0.2) is 47.5 Å². The fourth-order valence-electron chi connectivity index (χ4n) is 3.70. The first-order valence-corrected chi connectivity index (χ1v) is 11.9. The van der Waals surface area contributed by atoms with Crippen LogP contribution in [0, 0.1) is 0 Å². The summed E-state index contributed by atoms with van der Waals surface area (Å²) < 4.78 is 27.9. The molecule has 1 unspecified atom stereocenters. The summed E-state index contributed by atoms with van der Waals surface area (Å²) in [4.78, 5) is 9.53. The summed E-state index contributed by atoms with van der Waals surface area (Å²) >= 11 is 0. The molecule has 1 aromatic heterocycles. The van der Waals surface area contributed by atoms with Crippen molar-refractivity contribution in [3.05, 3.63) is 48.2 Å². The molecule has 1 fully saturated rings. The first kappa shape index (κ1) is 21.6. The van der Waals surface area contributed by atoms with Crippen LogP contribution in [0.4, 0.5) is 11.5 Å². The Hall–Kier alpha value is -2.12. The van der Waals surface area contributed by atoms with E-state index in [4.69, 9.17) is 0 Å². The molecule has 0 saturated carbocycles. The number of aromatic nitrogens is 1. The molecular weight excluding hydrogens is 384 g/mol. The van der Waals surface area contributed by atoms with Crippen molar-refractivity contribution in [1.82, 2.24) is 9.88 Å². The van der Waals surface area contributed by atoms with Gasteiger partial charge in [0.15, 0.2) is 0 Å². The van der Waals surface area contributed by atoms with E-state index in [9.17, 15) is 8.42 Å². The zero-order chi connectivity index (χ0) is 21.0. The SMILES string of the molecule is CCCN1CCN(c2ccc(NS(=O)(=O)c3ccc(C(C)C)cc3)cn2)CC1C. The summed E-state index contributed by atoms with van der Waals surface area (Å²) in [6.45, 7) is 12.6. The fourth-order valence-corrected chi connectivity index (χ4v) is 4.75. The smallest absolute Gasteiger partial charge is 0.261 e. The van der Waals surface area contributed by atoms with Crippen molar-refractivity contribution < 1.29 is 8.42 Å². The number of benzene rings is 1. The topological polar surface area (TPSA) is 65.5 Å². The van der Waals surface area contributed by atoms with Gasteiger partial charge in [-0.2, -0.15) is 0 Å². The van der Waals surface area contributed by atoms with Gasteiger partial charge in [-0.05, 0) is 55.6 Å². The number of hydrogen-bond donors (Lipinski definition) is 1. The minimum atomic E-state index is -3.63. The number of nitrogens with one attached hydrogen (secondary N) is 1. The van der Waals surface area contributed by atoms with E-state index in [-0.39, 0.29) is 4.90 Å². The molecule has 7 heteroatoms. The second-order valence-corrected chi connectivity index (χ2v) is 9.75. The van der Waals surface area contributed by atoms with Gasteiger partial charge in [-0.25, -0.2) is 13.4 Å². The average Bonchev–Trinajstić information content (AvgIpc) is 2.70. The van der Waals surface area contributed by atoms with Crippen LogP contribution < -0.4 is 9.62 Å². The Morgan fingerprint density at radius 1 is 1.14 bits per heavy atom. The lowest BCUT2D eigenvalue weighted by Gasteiger charge is -2.40. The Kier molecular flexibility index (Phi) is 6.80. The molecule has 0 aliphatic carbocycles. The summed E-state index contributed by atoms with van der Waals surface area (Å²) in [6.07, 6.45) is 2.76. The molecule has 3 rings (SSSR count). The van der Waals surface area contributed by atoms with E-state index in [1.165, 1.54) is 0 Å². The van der Waals surface area contributed by atoms with Crippen LogP contribution in [0.5, 0.6) is 0 Å². The van der Waals surface area contributed by atoms with Crippen LogP contribution in [0.1, 0.15) is 45.6 Å². The maximum Gasteiger partial charge on any atom is 0.261 e. The molecule has 158 valence electrons. The van der Waals surface area contributed by atoms with Gasteiger partial charge in [-0.1, -0.05) is 32.9 Å². The average molecular weight is 417 g/mol. The minimum absolute atomic E-state index is 0.256. The van der Waals surface area contributed by atoms with Gasteiger partial charge in [0.2, 0.25) is 0 Å². The lowest BCUT2D eigenvalue weighted by atomic mass is 10.0. The molecule has 2 aromatic rings. The largest absolute Gasteiger partial charge is 0.354 e. The fraction of sp³-hybridized carbons (Fsp3) is 0.500. The summed E-state index contributed by atoms with van der Waals surface area (Å²) in [6, 6.07) is 11.2. The number of rotatable bonds is 7. The lowest BCUT2D eigenvalue weighted by molar-refractivity contribution is 0.189.